The van der Waals surface area contributed by atoms with E-state index in [9.17, 15) is 0 Å². The van der Waals surface area contributed by atoms with Gasteiger partial charge in [0.25, 0.3) is 0 Å². The molecule has 2 aromatic carbocycles. The second-order valence-electron chi connectivity index (χ2n) is 6.98. The molecule has 0 spiro atoms. The number of rotatable bonds is 6. The summed E-state index contributed by atoms with van der Waals surface area (Å²) in [6.07, 6.45) is 5.49. The predicted molar refractivity (Wildman–Crippen MR) is 121 cm³/mol. The van der Waals surface area contributed by atoms with Crippen molar-refractivity contribution in [2.24, 2.45) is 7.05 Å². The number of nitrogens with zero attached hydrogens (tertiary/aromatic N) is 6. The van der Waals surface area contributed by atoms with Crippen LogP contribution in [0.3, 0.4) is 0 Å². The molecule has 0 fully saturated rings. The number of fused-ring (bicyclic) bond motifs is 1. The number of thioether (sulfide) groups is 1. The van der Waals surface area contributed by atoms with Gasteiger partial charge < -0.3 is 4.74 Å². The first-order chi connectivity index (χ1) is 15.2. The molecule has 0 aliphatic heterocycles. The standard InChI is InChI=1S/C23H20N6OS/c1-28-22-20(12-26-28)23(25-15-24-22)31-14-17-13-29(18-6-4-3-5-7-18)27-21(17)16-8-10-19(30-2)11-9-16/h3-13,15H,14H2,1-2H3. The number of ether oxygens (including phenoxy) is 1. The van der Waals surface area contributed by atoms with E-state index < -0.39 is 0 Å². The van der Waals surface area contributed by atoms with Crippen LogP contribution in [0, 0.1) is 0 Å². The first-order valence-corrected chi connectivity index (χ1v) is 10.8. The molecule has 0 N–H and O–H groups in total. The lowest BCUT2D eigenvalue weighted by Gasteiger charge is -2.05. The molecule has 8 heteroatoms. The van der Waals surface area contributed by atoms with Gasteiger partial charge in [-0.3, -0.25) is 4.68 Å². The average Bonchev–Trinajstić information content (AvgIpc) is 3.43. The molecule has 154 valence electrons. The van der Waals surface area contributed by atoms with Gasteiger partial charge in [-0.15, -0.1) is 11.8 Å². The summed E-state index contributed by atoms with van der Waals surface area (Å²) in [4.78, 5) is 8.81. The van der Waals surface area contributed by atoms with Crippen LogP contribution in [0.15, 0.2) is 78.3 Å². The van der Waals surface area contributed by atoms with Crippen molar-refractivity contribution in [1.82, 2.24) is 29.5 Å². The molecule has 31 heavy (non-hydrogen) atoms. The second-order valence-corrected chi connectivity index (χ2v) is 7.95. The minimum atomic E-state index is 0.717. The smallest absolute Gasteiger partial charge is 0.162 e. The average molecular weight is 429 g/mol. The number of benzene rings is 2. The summed E-state index contributed by atoms with van der Waals surface area (Å²) in [6.45, 7) is 0. The summed E-state index contributed by atoms with van der Waals surface area (Å²) in [7, 11) is 3.55. The highest BCUT2D eigenvalue weighted by atomic mass is 32.2. The molecular formula is C23H20N6OS. The molecule has 0 saturated heterocycles. The van der Waals surface area contributed by atoms with Crippen molar-refractivity contribution in [3.63, 3.8) is 0 Å². The molecule has 0 saturated carbocycles. The van der Waals surface area contributed by atoms with E-state index in [1.807, 2.05) is 72.5 Å². The number of aryl methyl sites for hydroxylation is 1. The molecule has 0 radical (unpaired) electrons. The molecule has 5 aromatic rings. The zero-order valence-corrected chi connectivity index (χ0v) is 18.0. The summed E-state index contributed by atoms with van der Waals surface area (Å²) in [5.74, 6) is 1.54. The SMILES string of the molecule is COc1ccc(-c2nn(-c3ccccc3)cc2CSc2ncnc3c2cnn3C)cc1. The number of aromatic nitrogens is 6. The van der Waals surface area contributed by atoms with Crippen LogP contribution in [-0.2, 0) is 12.8 Å². The van der Waals surface area contributed by atoms with Gasteiger partial charge in [0.1, 0.15) is 17.1 Å². The van der Waals surface area contributed by atoms with Gasteiger partial charge in [-0.05, 0) is 36.4 Å². The van der Waals surface area contributed by atoms with Crippen molar-refractivity contribution < 1.29 is 4.74 Å². The summed E-state index contributed by atoms with van der Waals surface area (Å²) in [6, 6.07) is 18.1. The Labute approximate surface area is 183 Å². The molecule has 0 unspecified atom stereocenters. The van der Waals surface area contributed by atoms with Crippen LogP contribution in [0.4, 0.5) is 0 Å². The largest absolute Gasteiger partial charge is 0.497 e. The van der Waals surface area contributed by atoms with Crippen molar-refractivity contribution >= 4 is 22.8 Å². The lowest BCUT2D eigenvalue weighted by molar-refractivity contribution is 0.415. The van der Waals surface area contributed by atoms with E-state index in [0.717, 1.165) is 50.1 Å². The van der Waals surface area contributed by atoms with Crippen LogP contribution in [0.5, 0.6) is 5.75 Å². The Morgan fingerprint density at radius 1 is 1.00 bits per heavy atom. The predicted octanol–water partition coefficient (Wildman–Crippen LogP) is 4.52. The maximum atomic E-state index is 5.31. The van der Waals surface area contributed by atoms with Crippen LogP contribution < -0.4 is 4.74 Å². The van der Waals surface area contributed by atoms with E-state index in [-0.39, 0.29) is 0 Å². The highest BCUT2D eigenvalue weighted by Crippen LogP contribution is 2.32. The third kappa shape index (κ3) is 3.77. The van der Waals surface area contributed by atoms with Gasteiger partial charge in [0.15, 0.2) is 5.65 Å². The van der Waals surface area contributed by atoms with Gasteiger partial charge in [0.05, 0.1) is 30.1 Å². The van der Waals surface area contributed by atoms with E-state index in [0.29, 0.717) is 0 Å². The van der Waals surface area contributed by atoms with Crippen LogP contribution in [0.25, 0.3) is 28.0 Å². The molecule has 0 aliphatic rings. The van der Waals surface area contributed by atoms with Crippen molar-refractivity contribution in [2.75, 3.05) is 7.11 Å². The molecule has 7 nitrogen and oxygen atoms in total. The monoisotopic (exact) mass is 428 g/mol. The van der Waals surface area contributed by atoms with Crippen LogP contribution >= 0.6 is 11.8 Å². The van der Waals surface area contributed by atoms with E-state index in [1.165, 1.54) is 0 Å². The van der Waals surface area contributed by atoms with Crippen molar-refractivity contribution in [3.05, 3.63) is 78.9 Å². The number of hydrogen-bond acceptors (Lipinski definition) is 6. The van der Waals surface area contributed by atoms with Gasteiger partial charge in [0, 0.05) is 30.1 Å². The minimum Gasteiger partial charge on any atom is -0.497 e. The minimum absolute atomic E-state index is 0.717. The van der Waals surface area contributed by atoms with E-state index in [4.69, 9.17) is 9.84 Å². The Kier molecular flexibility index (Phi) is 5.13. The Hall–Kier alpha value is -3.65. The van der Waals surface area contributed by atoms with Crippen molar-refractivity contribution in [3.8, 4) is 22.7 Å². The fraction of sp³-hybridized carbons (Fsp3) is 0.130. The van der Waals surface area contributed by atoms with Crippen LogP contribution in [-0.4, -0.2) is 36.6 Å². The first kappa shape index (κ1) is 19.3. The Bertz CT molecular complexity index is 1330. The number of methoxy groups -OCH3 is 1. The van der Waals surface area contributed by atoms with Gasteiger partial charge in [-0.2, -0.15) is 10.2 Å². The zero-order valence-electron chi connectivity index (χ0n) is 17.1. The van der Waals surface area contributed by atoms with Gasteiger partial charge in [0.2, 0.25) is 0 Å². The third-order valence-corrected chi connectivity index (χ3v) is 6.09. The Morgan fingerprint density at radius 3 is 2.58 bits per heavy atom. The van der Waals surface area contributed by atoms with Crippen molar-refractivity contribution in [1.29, 1.82) is 0 Å². The quantitative estimate of drug-likeness (QED) is 0.293. The van der Waals surface area contributed by atoms with Crippen LogP contribution in [0.1, 0.15) is 5.56 Å². The topological polar surface area (TPSA) is 70.7 Å². The molecule has 0 amide bonds. The van der Waals surface area contributed by atoms with E-state index in [2.05, 4.69) is 21.3 Å². The van der Waals surface area contributed by atoms with E-state index in [1.54, 1.807) is 29.9 Å². The highest BCUT2D eigenvalue weighted by molar-refractivity contribution is 7.98. The maximum Gasteiger partial charge on any atom is 0.162 e. The van der Waals surface area contributed by atoms with Gasteiger partial charge >= 0.3 is 0 Å². The molecule has 5 rings (SSSR count). The fourth-order valence-electron chi connectivity index (χ4n) is 3.42. The Morgan fingerprint density at radius 2 is 1.81 bits per heavy atom. The molecule has 0 atom stereocenters. The third-order valence-electron chi connectivity index (χ3n) is 5.03. The fourth-order valence-corrected chi connectivity index (χ4v) is 4.35. The first-order valence-electron chi connectivity index (χ1n) is 9.77. The molecule has 3 aromatic heterocycles. The molecule has 0 aliphatic carbocycles. The highest BCUT2D eigenvalue weighted by Gasteiger charge is 2.15. The lowest BCUT2D eigenvalue weighted by Crippen LogP contribution is -1.94. The second kappa shape index (κ2) is 8.23. The number of hydrogen-bond donors (Lipinski definition) is 0. The van der Waals surface area contributed by atoms with Gasteiger partial charge in [-0.1, -0.05) is 18.2 Å². The molecular weight excluding hydrogens is 408 g/mol. The summed E-state index contributed by atoms with van der Waals surface area (Å²) >= 11 is 1.66. The summed E-state index contributed by atoms with van der Waals surface area (Å²) in [5.41, 5.74) is 4.95. The summed E-state index contributed by atoms with van der Waals surface area (Å²) < 4.78 is 8.99. The maximum absolute atomic E-state index is 5.31. The summed E-state index contributed by atoms with van der Waals surface area (Å²) in [5, 5.41) is 11.1. The number of para-hydroxylation sites is 1. The van der Waals surface area contributed by atoms with Crippen LogP contribution in [0.2, 0.25) is 0 Å². The lowest BCUT2D eigenvalue weighted by atomic mass is 10.1. The van der Waals surface area contributed by atoms with Crippen molar-refractivity contribution in [2.45, 2.75) is 10.8 Å². The van der Waals surface area contributed by atoms with E-state index >= 15 is 0 Å². The zero-order chi connectivity index (χ0) is 21.2. The molecule has 0 bridgehead atoms. The Balaban J connectivity index is 1.52. The normalized spacial score (nSPS) is 11.2. The molecule has 3 heterocycles. The van der Waals surface area contributed by atoms with Gasteiger partial charge in [-0.25, -0.2) is 14.6 Å².